The fourth-order valence-electron chi connectivity index (χ4n) is 4.33. The summed E-state index contributed by atoms with van der Waals surface area (Å²) in [5, 5.41) is 8.44. The van der Waals surface area contributed by atoms with Crippen LogP contribution in [-0.2, 0) is 27.4 Å². The second kappa shape index (κ2) is 7.04. The van der Waals surface area contributed by atoms with E-state index in [1.165, 1.54) is 4.31 Å². The molecule has 3 aliphatic rings. The summed E-state index contributed by atoms with van der Waals surface area (Å²) < 4.78 is 65.2. The number of carbonyl (C=O) groups is 1. The Hall–Kier alpha value is -2.93. The zero-order valence-electron chi connectivity index (χ0n) is 16.8. The summed E-state index contributed by atoms with van der Waals surface area (Å²) in [5.74, 6) is -0.615. The highest BCUT2D eigenvalue weighted by atomic mass is 32.2. The van der Waals surface area contributed by atoms with Gasteiger partial charge in [0.1, 0.15) is 11.4 Å². The number of anilines is 4. The average molecular weight is 468 g/mol. The van der Waals surface area contributed by atoms with Crippen LogP contribution in [0, 0.1) is 11.8 Å². The number of sulfonamides is 1. The van der Waals surface area contributed by atoms with Crippen LogP contribution in [0.4, 0.5) is 36.3 Å². The molecule has 3 atom stereocenters. The minimum absolute atomic E-state index is 0.0266. The molecule has 0 radical (unpaired) electrons. The maximum absolute atomic E-state index is 13.5. The molecule has 3 N–H and O–H groups in total. The smallest absolute Gasteiger partial charge is 0.366 e. The van der Waals surface area contributed by atoms with Gasteiger partial charge in [-0.3, -0.25) is 4.79 Å². The van der Waals surface area contributed by atoms with Crippen molar-refractivity contribution in [3.63, 3.8) is 0 Å². The lowest BCUT2D eigenvalue weighted by Gasteiger charge is -2.19. The van der Waals surface area contributed by atoms with Crippen LogP contribution >= 0.6 is 0 Å². The van der Waals surface area contributed by atoms with Crippen LogP contribution in [-0.4, -0.2) is 54.0 Å². The lowest BCUT2D eigenvalue weighted by atomic mass is 10.1. The van der Waals surface area contributed by atoms with Crippen LogP contribution in [0.2, 0.25) is 0 Å². The third kappa shape index (κ3) is 3.86. The summed E-state index contributed by atoms with van der Waals surface area (Å²) in [6, 6.07) is 4.80. The summed E-state index contributed by atoms with van der Waals surface area (Å²) in [5.41, 5.74) is 1.01. The van der Waals surface area contributed by atoms with E-state index in [1.54, 1.807) is 18.2 Å². The zero-order valence-corrected chi connectivity index (χ0v) is 17.6. The number of nitrogens with one attached hydrogen (secondary N) is 3. The van der Waals surface area contributed by atoms with Gasteiger partial charge in [-0.15, -0.1) is 0 Å². The second-order valence-corrected chi connectivity index (χ2v) is 10.2. The van der Waals surface area contributed by atoms with E-state index in [4.69, 9.17) is 0 Å². The molecule has 2 fully saturated rings. The molecule has 0 spiro atoms. The van der Waals surface area contributed by atoms with Crippen LogP contribution in [0.1, 0.15) is 11.1 Å². The molecular weight excluding hydrogens is 449 g/mol. The molecule has 32 heavy (non-hydrogen) atoms. The molecule has 170 valence electrons. The normalized spacial score (nSPS) is 24.6. The predicted molar refractivity (Wildman–Crippen MR) is 110 cm³/mol. The molecule has 13 heteroatoms. The largest absolute Gasteiger partial charge is 0.421 e. The highest BCUT2D eigenvalue weighted by molar-refractivity contribution is 7.88. The Morgan fingerprint density at radius 1 is 1.22 bits per heavy atom. The van der Waals surface area contributed by atoms with Crippen molar-refractivity contribution in [1.82, 2.24) is 14.3 Å². The minimum Gasteiger partial charge on any atom is -0.366 e. The molecule has 0 unspecified atom stereocenters. The Bertz CT molecular complexity index is 1210. The summed E-state index contributed by atoms with van der Waals surface area (Å²) in [7, 11) is -3.32. The van der Waals surface area contributed by atoms with Crippen molar-refractivity contribution in [3.05, 3.63) is 35.5 Å². The number of hydrogen-bond donors (Lipinski definition) is 3. The third-order valence-corrected chi connectivity index (χ3v) is 7.25. The van der Waals surface area contributed by atoms with E-state index in [0.717, 1.165) is 18.0 Å². The van der Waals surface area contributed by atoms with Gasteiger partial charge >= 0.3 is 6.18 Å². The molecule has 2 aliphatic heterocycles. The van der Waals surface area contributed by atoms with E-state index >= 15 is 0 Å². The average Bonchev–Trinajstić information content (AvgIpc) is 3.03. The van der Waals surface area contributed by atoms with Crippen molar-refractivity contribution in [1.29, 1.82) is 0 Å². The van der Waals surface area contributed by atoms with Crippen LogP contribution in [0.25, 0.3) is 0 Å². The van der Waals surface area contributed by atoms with Gasteiger partial charge in [0.05, 0.1) is 12.7 Å². The Morgan fingerprint density at radius 3 is 2.59 bits per heavy atom. The number of amides is 1. The number of carbonyl (C=O) groups excluding carboxylic acids is 1. The molecular formula is C19H19F3N6O3S. The Balaban J connectivity index is 1.35. The Labute approximate surface area is 181 Å². The number of fused-ring (bicyclic) bond motifs is 2. The summed E-state index contributed by atoms with van der Waals surface area (Å²) in [4.78, 5) is 19.4. The van der Waals surface area contributed by atoms with Crippen molar-refractivity contribution in [2.75, 3.05) is 35.3 Å². The van der Waals surface area contributed by atoms with Gasteiger partial charge in [0.15, 0.2) is 0 Å². The van der Waals surface area contributed by atoms with Crippen LogP contribution in [0.15, 0.2) is 24.4 Å². The van der Waals surface area contributed by atoms with Crippen LogP contribution in [0.5, 0.6) is 0 Å². The van der Waals surface area contributed by atoms with Gasteiger partial charge < -0.3 is 16.0 Å². The first kappa shape index (κ1) is 20.9. The fourth-order valence-corrected chi connectivity index (χ4v) is 5.21. The molecule has 3 heterocycles. The fraction of sp³-hybridized carbons (Fsp3) is 0.421. The van der Waals surface area contributed by atoms with Gasteiger partial charge in [-0.25, -0.2) is 17.7 Å². The Kier molecular flexibility index (Phi) is 4.60. The molecule has 1 saturated carbocycles. The number of benzene rings is 1. The maximum atomic E-state index is 13.5. The molecule has 1 amide bonds. The van der Waals surface area contributed by atoms with Crippen molar-refractivity contribution >= 4 is 39.1 Å². The monoisotopic (exact) mass is 468 g/mol. The predicted octanol–water partition coefficient (Wildman–Crippen LogP) is 2.04. The highest BCUT2D eigenvalue weighted by Gasteiger charge is 2.58. The molecule has 1 saturated heterocycles. The quantitative estimate of drug-likeness (QED) is 0.615. The van der Waals surface area contributed by atoms with Gasteiger partial charge in [-0.05, 0) is 35.6 Å². The molecule has 1 aliphatic carbocycles. The van der Waals surface area contributed by atoms with Crippen LogP contribution < -0.4 is 16.0 Å². The van der Waals surface area contributed by atoms with Crippen molar-refractivity contribution in [3.8, 4) is 0 Å². The van der Waals surface area contributed by atoms with Crippen molar-refractivity contribution < 1.29 is 26.4 Å². The van der Waals surface area contributed by atoms with Crippen LogP contribution in [0.3, 0.4) is 0 Å². The maximum Gasteiger partial charge on any atom is 0.421 e. The zero-order chi connectivity index (χ0) is 22.8. The number of rotatable bonds is 5. The standard InChI is InChI=1S/C19H19F3N6O3S/c1-32(30,31)28-7-11-12(8-28)16(11)26-17-13(19(20,21)22)6-23-18(27-17)24-10-2-3-14-9(4-10)5-15(29)25-14/h2-4,6,11-12,16H,5,7-8H2,1H3,(H,25,29)(H2,23,24,26,27)/t11-,12+,16+. The van der Waals surface area contributed by atoms with E-state index in [0.29, 0.717) is 11.4 Å². The van der Waals surface area contributed by atoms with Gasteiger partial charge in [0, 0.05) is 36.7 Å². The molecule has 0 bridgehead atoms. The van der Waals surface area contributed by atoms with E-state index in [2.05, 4.69) is 25.9 Å². The Morgan fingerprint density at radius 2 is 1.94 bits per heavy atom. The number of aromatic nitrogens is 2. The third-order valence-electron chi connectivity index (χ3n) is 6.01. The first-order valence-corrected chi connectivity index (χ1v) is 11.7. The SMILES string of the molecule is CS(=O)(=O)N1C[C@@H]2[C@H](C1)[C@H]2Nc1nc(Nc2ccc3c(c2)CC(=O)N3)ncc1C(F)(F)F. The first-order valence-electron chi connectivity index (χ1n) is 9.85. The number of nitrogens with zero attached hydrogens (tertiary/aromatic N) is 3. The van der Waals surface area contributed by atoms with Gasteiger partial charge in [-0.1, -0.05) is 0 Å². The van der Waals surface area contributed by atoms with Gasteiger partial charge in [-0.2, -0.15) is 18.2 Å². The lowest BCUT2D eigenvalue weighted by molar-refractivity contribution is -0.137. The molecule has 1 aromatic heterocycles. The number of hydrogen-bond acceptors (Lipinski definition) is 7. The first-order chi connectivity index (χ1) is 15.0. The van der Waals surface area contributed by atoms with Crippen molar-refractivity contribution in [2.45, 2.75) is 18.6 Å². The number of halogens is 3. The highest BCUT2D eigenvalue weighted by Crippen LogP contribution is 2.48. The molecule has 9 nitrogen and oxygen atoms in total. The van der Waals surface area contributed by atoms with E-state index in [1.807, 2.05) is 0 Å². The summed E-state index contributed by atoms with van der Waals surface area (Å²) >= 11 is 0. The molecule has 1 aromatic carbocycles. The summed E-state index contributed by atoms with van der Waals surface area (Å²) in [6.45, 7) is 0.557. The topological polar surface area (TPSA) is 116 Å². The van der Waals surface area contributed by atoms with Gasteiger partial charge in [0.25, 0.3) is 0 Å². The molecule has 5 rings (SSSR count). The molecule has 2 aromatic rings. The van der Waals surface area contributed by atoms with E-state index in [-0.39, 0.29) is 55.1 Å². The van der Waals surface area contributed by atoms with Gasteiger partial charge in [0.2, 0.25) is 21.9 Å². The number of alkyl halides is 3. The minimum atomic E-state index is -4.65. The van der Waals surface area contributed by atoms with Crippen molar-refractivity contribution in [2.24, 2.45) is 11.8 Å². The number of piperidine rings is 1. The summed E-state index contributed by atoms with van der Waals surface area (Å²) in [6.07, 6.45) is -2.59. The lowest BCUT2D eigenvalue weighted by Crippen LogP contribution is -2.33. The van der Waals surface area contributed by atoms with E-state index < -0.39 is 21.8 Å². The second-order valence-electron chi connectivity index (χ2n) is 8.25. The van der Waals surface area contributed by atoms with E-state index in [9.17, 15) is 26.4 Å².